The van der Waals surface area contributed by atoms with Gasteiger partial charge >= 0.3 is 0 Å². The van der Waals surface area contributed by atoms with Crippen molar-refractivity contribution >= 4 is 45.2 Å². The third kappa shape index (κ3) is 3.15. The summed E-state index contributed by atoms with van der Waals surface area (Å²) in [6.07, 6.45) is 5.80. The van der Waals surface area contributed by atoms with Crippen molar-refractivity contribution < 1.29 is 0 Å². The summed E-state index contributed by atoms with van der Waals surface area (Å²) in [5.74, 6) is 0. The standard InChI is InChI=1S/C22H21N3OS/c1-14-12-18-19(13-15(14)2)25-21(26)20(27-22(25)23-18)7-5-6-16-8-10-17(11-9-16)24(3)4/h5-13H,1-4H3/b6-5+,20-7-. The average molecular weight is 375 g/mol. The molecular formula is C22H21N3OS. The van der Waals surface area contributed by atoms with Gasteiger partial charge in [-0.15, -0.1) is 0 Å². The first-order chi connectivity index (χ1) is 12.9. The molecule has 0 bridgehead atoms. The maximum absolute atomic E-state index is 12.8. The Morgan fingerprint density at radius 1 is 1.07 bits per heavy atom. The lowest BCUT2D eigenvalue weighted by Crippen LogP contribution is -2.22. The number of benzene rings is 2. The van der Waals surface area contributed by atoms with Crippen LogP contribution in [0.5, 0.6) is 0 Å². The summed E-state index contributed by atoms with van der Waals surface area (Å²) >= 11 is 1.43. The van der Waals surface area contributed by atoms with Crippen LogP contribution in [0.15, 0.2) is 47.3 Å². The summed E-state index contributed by atoms with van der Waals surface area (Å²) in [6.45, 7) is 4.12. The van der Waals surface area contributed by atoms with E-state index in [0.29, 0.717) is 4.53 Å². The minimum atomic E-state index is -0.00615. The molecule has 0 aliphatic carbocycles. The van der Waals surface area contributed by atoms with Crippen LogP contribution in [0.3, 0.4) is 0 Å². The van der Waals surface area contributed by atoms with Gasteiger partial charge in [0.15, 0.2) is 4.96 Å². The Balaban J connectivity index is 1.72. The van der Waals surface area contributed by atoms with Gasteiger partial charge in [-0.3, -0.25) is 4.79 Å². The molecule has 0 saturated carbocycles. The number of allylic oxidation sites excluding steroid dienone is 1. The van der Waals surface area contributed by atoms with E-state index in [1.807, 2.05) is 44.5 Å². The monoisotopic (exact) mass is 375 g/mol. The van der Waals surface area contributed by atoms with E-state index in [2.05, 4.69) is 48.0 Å². The van der Waals surface area contributed by atoms with Crippen molar-refractivity contribution in [2.75, 3.05) is 19.0 Å². The first-order valence-corrected chi connectivity index (χ1v) is 9.64. The zero-order chi connectivity index (χ0) is 19.1. The lowest BCUT2D eigenvalue weighted by molar-refractivity contribution is 1.13. The Labute approximate surface area is 161 Å². The van der Waals surface area contributed by atoms with E-state index >= 15 is 0 Å². The Morgan fingerprint density at radius 3 is 2.48 bits per heavy atom. The average Bonchev–Trinajstić information content (AvgIpc) is 3.12. The number of thiazole rings is 1. The van der Waals surface area contributed by atoms with Gasteiger partial charge in [-0.1, -0.05) is 35.6 Å². The van der Waals surface area contributed by atoms with Crippen LogP contribution in [-0.2, 0) is 0 Å². The van der Waals surface area contributed by atoms with Crippen molar-refractivity contribution in [1.82, 2.24) is 9.38 Å². The Hall–Kier alpha value is -2.92. The highest BCUT2D eigenvalue weighted by Crippen LogP contribution is 2.20. The molecule has 0 unspecified atom stereocenters. The van der Waals surface area contributed by atoms with Crippen LogP contribution in [-0.4, -0.2) is 23.5 Å². The summed E-state index contributed by atoms with van der Waals surface area (Å²) in [5.41, 5.74) is 6.38. The third-order valence-electron chi connectivity index (χ3n) is 4.80. The number of aryl methyl sites for hydroxylation is 2. The first kappa shape index (κ1) is 17.5. The molecule has 2 aromatic carbocycles. The van der Waals surface area contributed by atoms with Gasteiger partial charge in [0, 0.05) is 19.8 Å². The van der Waals surface area contributed by atoms with Crippen molar-refractivity contribution in [2.24, 2.45) is 0 Å². The molecule has 0 amide bonds. The summed E-state index contributed by atoms with van der Waals surface area (Å²) in [5, 5.41) is 0. The predicted molar refractivity (Wildman–Crippen MR) is 116 cm³/mol. The maximum atomic E-state index is 12.8. The highest BCUT2D eigenvalue weighted by Gasteiger charge is 2.11. The Bertz CT molecular complexity index is 1280. The van der Waals surface area contributed by atoms with Crippen LogP contribution in [0.4, 0.5) is 5.69 Å². The number of imidazole rings is 1. The molecule has 0 atom stereocenters. The van der Waals surface area contributed by atoms with Crippen molar-refractivity contribution in [3.8, 4) is 0 Å². The molecule has 2 aromatic heterocycles. The van der Waals surface area contributed by atoms with Crippen LogP contribution in [0.2, 0.25) is 0 Å². The molecule has 4 nitrogen and oxygen atoms in total. The minimum Gasteiger partial charge on any atom is -0.378 e. The number of hydrogen-bond donors (Lipinski definition) is 0. The molecule has 5 heteroatoms. The number of nitrogens with zero attached hydrogens (tertiary/aromatic N) is 3. The van der Waals surface area contributed by atoms with Gasteiger partial charge in [-0.05, 0) is 60.9 Å². The van der Waals surface area contributed by atoms with E-state index in [4.69, 9.17) is 0 Å². The van der Waals surface area contributed by atoms with Crippen molar-refractivity contribution in [1.29, 1.82) is 0 Å². The number of anilines is 1. The van der Waals surface area contributed by atoms with Gasteiger partial charge < -0.3 is 4.90 Å². The maximum Gasteiger partial charge on any atom is 0.274 e. The minimum absolute atomic E-state index is 0.00615. The van der Waals surface area contributed by atoms with E-state index in [-0.39, 0.29) is 5.56 Å². The SMILES string of the molecule is Cc1cc2nc3s/c(=C\C=C\c4ccc(N(C)C)cc4)c(=O)n3c2cc1C. The lowest BCUT2D eigenvalue weighted by Gasteiger charge is -2.11. The molecule has 0 aliphatic rings. The van der Waals surface area contributed by atoms with Gasteiger partial charge in [-0.25, -0.2) is 9.38 Å². The van der Waals surface area contributed by atoms with E-state index < -0.39 is 0 Å². The molecule has 0 fully saturated rings. The summed E-state index contributed by atoms with van der Waals surface area (Å²) in [6, 6.07) is 12.4. The molecule has 27 heavy (non-hydrogen) atoms. The molecule has 2 heterocycles. The van der Waals surface area contributed by atoms with Crippen LogP contribution < -0.4 is 15.0 Å². The molecule has 0 aliphatic heterocycles. The number of fused-ring (bicyclic) bond motifs is 3. The molecular weight excluding hydrogens is 354 g/mol. The van der Waals surface area contributed by atoms with Gasteiger partial charge in [0.1, 0.15) is 0 Å². The molecule has 0 N–H and O–H groups in total. The topological polar surface area (TPSA) is 37.6 Å². The number of hydrogen-bond acceptors (Lipinski definition) is 4. The molecule has 4 aromatic rings. The quantitative estimate of drug-likeness (QED) is 0.547. The fourth-order valence-corrected chi connectivity index (χ4v) is 4.00. The second kappa shape index (κ2) is 6.67. The van der Waals surface area contributed by atoms with E-state index in [1.165, 1.54) is 22.5 Å². The van der Waals surface area contributed by atoms with Crippen molar-refractivity contribution in [3.63, 3.8) is 0 Å². The van der Waals surface area contributed by atoms with Gasteiger partial charge in [0.2, 0.25) is 0 Å². The van der Waals surface area contributed by atoms with Gasteiger partial charge in [-0.2, -0.15) is 0 Å². The van der Waals surface area contributed by atoms with Crippen molar-refractivity contribution in [3.05, 3.63) is 74.1 Å². The largest absolute Gasteiger partial charge is 0.378 e. The molecule has 0 saturated heterocycles. The van der Waals surface area contributed by atoms with Crippen LogP contribution in [0.1, 0.15) is 16.7 Å². The third-order valence-corrected chi connectivity index (χ3v) is 5.79. The zero-order valence-electron chi connectivity index (χ0n) is 15.9. The summed E-state index contributed by atoms with van der Waals surface area (Å²) < 4.78 is 2.41. The van der Waals surface area contributed by atoms with Crippen LogP contribution in [0, 0.1) is 13.8 Å². The zero-order valence-corrected chi connectivity index (χ0v) is 16.7. The van der Waals surface area contributed by atoms with Crippen LogP contribution >= 0.6 is 11.3 Å². The van der Waals surface area contributed by atoms with Gasteiger partial charge in [0.05, 0.1) is 15.6 Å². The molecule has 136 valence electrons. The first-order valence-electron chi connectivity index (χ1n) is 8.82. The smallest absolute Gasteiger partial charge is 0.274 e. The molecule has 0 spiro atoms. The fourth-order valence-electron chi connectivity index (χ4n) is 3.06. The fraction of sp³-hybridized carbons (Fsp3) is 0.182. The van der Waals surface area contributed by atoms with Crippen LogP contribution in [0.25, 0.3) is 28.1 Å². The van der Waals surface area contributed by atoms with E-state index in [9.17, 15) is 4.79 Å². The highest BCUT2D eigenvalue weighted by atomic mass is 32.1. The normalized spacial score (nSPS) is 12.7. The second-order valence-electron chi connectivity index (χ2n) is 6.94. The predicted octanol–water partition coefficient (Wildman–Crippen LogP) is 3.80. The molecule has 0 radical (unpaired) electrons. The number of aromatic nitrogens is 2. The van der Waals surface area contributed by atoms with E-state index in [0.717, 1.165) is 27.2 Å². The van der Waals surface area contributed by atoms with Gasteiger partial charge in [0.25, 0.3) is 5.56 Å². The highest BCUT2D eigenvalue weighted by molar-refractivity contribution is 7.15. The summed E-state index contributed by atoms with van der Waals surface area (Å²) in [4.78, 5) is 20.3. The summed E-state index contributed by atoms with van der Waals surface area (Å²) in [7, 11) is 4.04. The lowest BCUT2D eigenvalue weighted by atomic mass is 10.1. The Kier molecular flexibility index (Phi) is 4.32. The molecule has 4 rings (SSSR count). The number of rotatable bonds is 3. The van der Waals surface area contributed by atoms with Crippen molar-refractivity contribution in [2.45, 2.75) is 13.8 Å². The second-order valence-corrected chi connectivity index (χ2v) is 7.95. The Morgan fingerprint density at radius 2 is 1.78 bits per heavy atom. The van der Waals surface area contributed by atoms with E-state index in [1.54, 1.807) is 4.40 Å².